The average molecular weight is 290 g/mol. The molecule has 0 aliphatic rings. The van der Waals surface area contributed by atoms with E-state index in [-0.39, 0.29) is 5.75 Å². The van der Waals surface area contributed by atoms with Crippen molar-refractivity contribution in [1.82, 2.24) is 0 Å². The maximum Gasteiger partial charge on any atom is 0.137 e. The normalized spacial score (nSPS) is 15.2. The zero-order chi connectivity index (χ0) is 15.3. The second kappa shape index (κ2) is 6.88. The summed E-state index contributed by atoms with van der Waals surface area (Å²) in [5.41, 5.74) is 2.08. The van der Waals surface area contributed by atoms with Crippen molar-refractivity contribution in [2.45, 2.75) is 38.2 Å². The molecular formula is C17H22O2S. The van der Waals surface area contributed by atoms with Crippen LogP contribution >= 0.6 is 0 Å². The Labute approximate surface area is 124 Å². The molecule has 2 unspecified atom stereocenters. The van der Waals surface area contributed by atoms with Crippen molar-refractivity contribution in [2.75, 3.05) is 12.4 Å². The standard InChI is InChI=1S/C17H22O2S/c1-7-17(6,19-11-13(2)3)12-20(18)16-14(4)9-8-10-15(16)5/h1,8-10H,2,11-12H2,3-6H3. The molecule has 0 fully saturated rings. The molecule has 0 spiro atoms. The molecule has 0 aromatic heterocycles. The van der Waals surface area contributed by atoms with E-state index in [9.17, 15) is 4.21 Å². The molecule has 20 heavy (non-hydrogen) atoms. The monoisotopic (exact) mass is 290 g/mol. The molecule has 1 aromatic rings. The summed E-state index contributed by atoms with van der Waals surface area (Å²) in [7, 11) is -1.19. The lowest BCUT2D eigenvalue weighted by Crippen LogP contribution is -2.34. The Balaban J connectivity index is 2.93. The highest BCUT2D eigenvalue weighted by Gasteiger charge is 2.27. The van der Waals surface area contributed by atoms with Crippen LogP contribution < -0.4 is 0 Å². The van der Waals surface area contributed by atoms with Crippen molar-refractivity contribution < 1.29 is 8.95 Å². The van der Waals surface area contributed by atoms with Gasteiger partial charge in [0.05, 0.1) is 23.2 Å². The first kappa shape index (κ1) is 16.7. The van der Waals surface area contributed by atoms with Gasteiger partial charge in [0.15, 0.2) is 0 Å². The first-order valence-corrected chi connectivity index (χ1v) is 7.81. The van der Waals surface area contributed by atoms with E-state index in [4.69, 9.17) is 11.2 Å². The average Bonchev–Trinajstić information content (AvgIpc) is 2.36. The molecule has 0 bridgehead atoms. The summed E-state index contributed by atoms with van der Waals surface area (Å²) >= 11 is 0. The van der Waals surface area contributed by atoms with Crippen LogP contribution in [0.25, 0.3) is 0 Å². The Morgan fingerprint density at radius 3 is 2.45 bits per heavy atom. The predicted molar refractivity (Wildman–Crippen MR) is 85.2 cm³/mol. The van der Waals surface area contributed by atoms with Crippen molar-refractivity contribution in [2.24, 2.45) is 0 Å². The summed E-state index contributed by atoms with van der Waals surface area (Å²) in [6, 6.07) is 5.88. The highest BCUT2D eigenvalue weighted by Crippen LogP contribution is 2.22. The molecule has 108 valence electrons. The van der Waals surface area contributed by atoms with Gasteiger partial charge >= 0.3 is 0 Å². The topological polar surface area (TPSA) is 26.3 Å². The number of hydrogen-bond donors (Lipinski definition) is 0. The van der Waals surface area contributed by atoms with Gasteiger partial charge in [-0.05, 0) is 38.8 Å². The van der Waals surface area contributed by atoms with Crippen LogP contribution in [-0.4, -0.2) is 22.2 Å². The summed E-state index contributed by atoms with van der Waals surface area (Å²) in [5, 5.41) is 0. The van der Waals surface area contributed by atoms with Crippen LogP contribution in [0, 0.1) is 26.2 Å². The minimum absolute atomic E-state index is 0.280. The quantitative estimate of drug-likeness (QED) is 0.593. The fourth-order valence-electron chi connectivity index (χ4n) is 1.89. The van der Waals surface area contributed by atoms with Crippen LogP contribution in [0.5, 0.6) is 0 Å². The van der Waals surface area contributed by atoms with Crippen LogP contribution in [-0.2, 0) is 15.5 Å². The van der Waals surface area contributed by atoms with E-state index in [2.05, 4.69) is 12.5 Å². The summed E-state index contributed by atoms with van der Waals surface area (Å²) in [5.74, 6) is 2.90. The molecule has 2 atom stereocenters. The Morgan fingerprint density at radius 1 is 1.45 bits per heavy atom. The third-order valence-electron chi connectivity index (χ3n) is 2.99. The van der Waals surface area contributed by atoms with Crippen LogP contribution in [0.2, 0.25) is 0 Å². The molecule has 3 heteroatoms. The molecule has 0 heterocycles. The second-order valence-corrected chi connectivity index (χ2v) is 6.72. The van der Waals surface area contributed by atoms with Gasteiger partial charge in [0.25, 0.3) is 0 Å². The molecule has 0 saturated heterocycles. The van der Waals surface area contributed by atoms with Gasteiger partial charge in [0, 0.05) is 4.90 Å². The number of rotatable bonds is 6. The molecule has 0 amide bonds. The highest BCUT2D eigenvalue weighted by atomic mass is 32.2. The maximum atomic E-state index is 12.6. The van der Waals surface area contributed by atoms with Crippen LogP contribution in [0.15, 0.2) is 35.2 Å². The van der Waals surface area contributed by atoms with E-state index in [0.717, 1.165) is 21.6 Å². The summed E-state index contributed by atoms with van der Waals surface area (Å²) in [4.78, 5) is 0.855. The molecule has 0 N–H and O–H groups in total. The molecule has 0 aliphatic carbocycles. The third kappa shape index (κ3) is 4.33. The first-order chi connectivity index (χ1) is 9.29. The summed E-state index contributed by atoms with van der Waals surface area (Å²) in [6.07, 6.45) is 5.56. The van der Waals surface area contributed by atoms with E-state index in [1.807, 2.05) is 39.0 Å². The van der Waals surface area contributed by atoms with Crippen LogP contribution in [0.4, 0.5) is 0 Å². The third-order valence-corrected chi connectivity index (χ3v) is 4.90. The molecule has 0 radical (unpaired) electrons. The largest absolute Gasteiger partial charge is 0.357 e. The van der Waals surface area contributed by atoms with Crippen LogP contribution in [0.3, 0.4) is 0 Å². The Kier molecular flexibility index (Phi) is 5.74. The minimum atomic E-state index is -1.19. The first-order valence-electron chi connectivity index (χ1n) is 6.50. The fraction of sp³-hybridized carbons (Fsp3) is 0.412. The van der Waals surface area contributed by atoms with Crippen molar-refractivity contribution >= 4 is 10.8 Å². The van der Waals surface area contributed by atoms with Gasteiger partial charge in [-0.2, -0.15) is 0 Å². The maximum absolute atomic E-state index is 12.6. The van der Waals surface area contributed by atoms with Crippen molar-refractivity contribution in [3.63, 3.8) is 0 Å². The Morgan fingerprint density at radius 2 is 2.00 bits per heavy atom. The molecule has 0 aliphatic heterocycles. The van der Waals surface area contributed by atoms with E-state index in [0.29, 0.717) is 6.61 Å². The van der Waals surface area contributed by atoms with Crippen molar-refractivity contribution in [3.8, 4) is 12.3 Å². The molecule has 1 rings (SSSR count). The van der Waals surface area contributed by atoms with Crippen LogP contribution in [0.1, 0.15) is 25.0 Å². The van der Waals surface area contributed by atoms with Gasteiger partial charge in [-0.25, -0.2) is 0 Å². The number of terminal acetylenes is 1. The van der Waals surface area contributed by atoms with E-state index < -0.39 is 16.4 Å². The molecule has 1 aromatic carbocycles. The number of aryl methyl sites for hydroxylation is 2. The fourth-order valence-corrected chi connectivity index (χ4v) is 3.55. The smallest absolute Gasteiger partial charge is 0.137 e. The summed E-state index contributed by atoms with van der Waals surface area (Å²) < 4.78 is 18.3. The lowest BCUT2D eigenvalue weighted by atomic mass is 10.1. The van der Waals surface area contributed by atoms with Gasteiger partial charge in [0.1, 0.15) is 5.60 Å². The lowest BCUT2D eigenvalue weighted by Gasteiger charge is -2.24. The number of hydrogen-bond acceptors (Lipinski definition) is 2. The molecular weight excluding hydrogens is 268 g/mol. The van der Waals surface area contributed by atoms with Gasteiger partial charge in [0.2, 0.25) is 0 Å². The van der Waals surface area contributed by atoms with Gasteiger partial charge in [-0.3, -0.25) is 4.21 Å². The zero-order valence-corrected chi connectivity index (χ0v) is 13.5. The SMILES string of the molecule is C#CC(C)(CS(=O)c1c(C)cccc1C)OCC(=C)C. The van der Waals surface area contributed by atoms with E-state index in [1.54, 1.807) is 6.92 Å². The molecule has 2 nitrogen and oxygen atoms in total. The predicted octanol–water partition coefficient (Wildman–Crippen LogP) is 3.40. The second-order valence-electron chi connectivity index (χ2n) is 5.33. The van der Waals surface area contributed by atoms with Gasteiger partial charge in [-0.1, -0.05) is 36.3 Å². The number of benzene rings is 1. The van der Waals surface area contributed by atoms with E-state index in [1.165, 1.54) is 0 Å². The highest BCUT2D eigenvalue weighted by molar-refractivity contribution is 7.85. The zero-order valence-electron chi connectivity index (χ0n) is 12.7. The Bertz CT molecular complexity index is 549. The number of ether oxygens (including phenoxy) is 1. The van der Waals surface area contributed by atoms with E-state index >= 15 is 0 Å². The Hall–Kier alpha value is -1.37. The molecule has 0 saturated carbocycles. The minimum Gasteiger partial charge on any atom is -0.357 e. The summed E-state index contributed by atoms with van der Waals surface area (Å²) in [6.45, 7) is 11.8. The van der Waals surface area contributed by atoms with Gasteiger partial charge in [-0.15, -0.1) is 6.42 Å². The van der Waals surface area contributed by atoms with Crippen molar-refractivity contribution in [3.05, 3.63) is 41.5 Å². The van der Waals surface area contributed by atoms with Crippen molar-refractivity contribution in [1.29, 1.82) is 0 Å². The van der Waals surface area contributed by atoms with Gasteiger partial charge < -0.3 is 4.74 Å². The lowest BCUT2D eigenvalue weighted by molar-refractivity contribution is 0.0460.